The molecule has 0 spiro atoms. The van der Waals surface area contributed by atoms with Crippen molar-refractivity contribution < 1.29 is 18.8 Å². The number of fused-ring (bicyclic) bond motifs is 2. The lowest BCUT2D eigenvalue weighted by Gasteiger charge is -2.34. The van der Waals surface area contributed by atoms with Gasteiger partial charge in [0.1, 0.15) is 6.04 Å². The molecule has 2 aliphatic heterocycles. The summed E-state index contributed by atoms with van der Waals surface area (Å²) in [6.45, 7) is 0.621. The van der Waals surface area contributed by atoms with Crippen LogP contribution in [0.15, 0.2) is 29.0 Å². The first-order chi connectivity index (χ1) is 15.7. The van der Waals surface area contributed by atoms with Crippen LogP contribution in [0.2, 0.25) is 0 Å². The molecule has 1 atom stereocenters. The lowest BCUT2D eigenvalue weighted by molar-refractivity contribution is 0.138. The zero-order chi connectivity index (χ0) is 21.5. The van der Waals surface area contributed by atoms with Crippen LogP contribution in [0.3, 0.4) is 0 Å². The molecule has 2 amide bonds. The van der Waals surface area contributed by atoms with Gasteiger partial charge in [-0.3, -0.25) is 0 Å². The minimum atomic E-state index is -0.385. The number of rotatable bonds is 3. The van der Waals surface area contributed by atoms with Gasteiger partial charge in [-0.15, -0.1) is 0 Å². The Labute approximate surface area is 184 Å². The van der Waals surface area contributed by atoms with Crippen molar-refractivity contribution in [3.05, 3.63) is 41.8 Å². The van der Waals surface area contributed by atoms with Gasteiger partial charge in [0.05, 0.1) is 24.3 Å². The van der Waals surface area contributed by atoms with Crippen molar-refractivity contribution in [3.63, 3.8) is 0 Å². The molecular weight excluding hydrogens is 412 g/mol. The lowest BCUT2D eigenvalue weighted by Crippen LogP contribution is -2.48. The number of benzene rings is 1. The fourth-order valence-corrected chi connectivity index (χ4v) is 4.70. The first kappa shape index (κ1) is 19.1. The fraction of sp³-hybridized carbons (Fsp3) is 0.455. The van der Waals surface area contributed by atoms with Crippen LogP contribution in [0.4, 0.5) is 4.79 Å². The monoisotopic (exact) mass is 436 g/mol. The molecule has 1 aliphatic carbocycles. The number of hydrogen-bond acceptors (Lipinski definition) is 7. The van der Waals surface area contributed by atoms with E-state index in [9.17, 15) is 4.79 Å². The Hall–Kier alpha value is -3.56. The van der Waals surface area contributed by atoms with Crippen molar-refractivity contribution in [2.45, 2.75) is 57.2 Å². The molecule has 3 aliphatic rings. The second-order valence-electron chi connectivity index (χ2n) is 8.48. The summed E-state index contributed by atoms with van der Waals surface area (Å²) in [5.41, 5.74) is 2.62. The third kappa shape index (κ3) is 3.45. The Bertz CT molecular complexity index is 1140. The van der Waals surface area contributed by atoms with Gasteiger partial charge >= 0.3 is 6.03 Å². The first-order valence-corrected chi connectivity index (χ1v) is 11.1. The summed E-state index contributed by atoms with van der Waals surface area (Å²) in [7, 11) is 0. The van der Waals surface area contributed by atoms with E-state index in [1.165, 1.54) is 6.42 Å². The molecule has 4 heterocycles. The number of carbonyl (C=O) groups excluding carboxylic acids is 1. The predicted octanol–water partition coefficient (Wildman–Crippen LogP) is 3.33. The highest BCUT2D eigenvalue weighted by Gasteiger charge is 2.37. The van der Waals surface area contributed by atoms with Crippen LogP contribution in [0.25, 0.3) is 11.4 Å². The number of aromatic nitrogens is 4. The smallest absolute Gasteiger partial charge is 0.318 e. The summed E-state index contributed by atoms with van der Waals surface area (Å²) in [6.07, 6.45) is 7.77. The van der Waals surface area contributed by atoms with E-state index >= 15 is 0 Å². The van der Waals surface area contributed by atoms with Crippen LogP contribution < -0.4 is 14.8 Å². The van der Waals surface area contributed by atoms with Gasteiger partial charge in [0.25, 0.3) is 0 Å². The van der Waals surface area contributed by atoms with Crippen molar-refractivity contribution in [1.29, 1.82) is 0 Å². The van der Waals surface area contributed by atoms with E-state index in [2.05, 4.69) is 25.4 Å². The quantitative estimate of drug-likeness (QED) is 0.646. The molecule has 1 aromatic carbocycles. The summed E-state index contributed by atoms with van der Waals surface area (Å²) in [4.78, 5) is 27.2. The van der Waals surface area contributed by atoms with Crippen LogP contribution in [0.5, 0.6) is 11.5 Å². The van der Waals surface area contributed by atoms with E-state index in [1.54, 1.807) is 11.2 Å². The molecule has 1 fully saturated rings. The van der Waals surface area contributed by atoms with Crippen LogP contribution in [0, 0.1) is 0 Å². The highest BCUT2D eigenvalue weighted by Crippen LogP contribution is 2.36. The van der Waals surface area contributed by atoms with Crippen molar-refractivity contribution in [1.82, 2.24) is 30.3 Å². The summed E-state index contributed by atoms with van der Waals surface area (Å²) >= 11 is 0. The van der Waals surface area contributed by atoms with E-state index in [0.717, 1.165) is 42.6 Å². The first-order valence-electron chi connectivity index (χ1n) is 11.1. The van der Waals surface area contributed by atoms with Gasteiger partial charge in [0, 0.05) is 18.0 Å². The Kier molecular flexibility index (Phi) is 4.70. The maximum absolute atomic E-state index is 13.2. The minimum Gasteiger partial charge on any atom is -0.454 e. The van der Waals surface area contributed by atoms with Crippen LogP contribution in [0.1, 0.15) is 55.4 Å². The maximum atomic E-state index is 13.2. The van der Waals surface area contributed by atoms with Crippen molar-refractivity contribution in [2.24, 2.45) is 0 Å². The highest BCUT2D eigenvalue weighted by molar-refractivity contribution is 5.75. The number of nitrogens with zero attached hydrogens (tertiary/aromatic N) is 4. The molecule has 0 saturated heterocycles. The van der Waals surface area contributed by atoms with E-state index in [0.29, 0.717) is 36.2 Å². The normalized spacial score (nSPS) is 20.2. The summed E-state index contributed by atoms with van der Waals surface area (Å²) in [6, 6.07) is 5.25. The van der Waals surface area contributed by atoms with Gasteiger partial charge in [0.2, 0.25) is 18.5 Å². The number of aromatic amines is 1. The zero-order valence-corrected chi connectivity index (χ0v) is 17.5. The van der Waals surface area contributed by atoms with Gasteiger partial charge in [-0.1, -0.05) is 24.4 Å². The molecule has 6 rings (SSSR count). The molecule has 0 bridgehead atoms. The van der Waals surface area contributed by atoms with Gasteiger partial charge in [-0.05, 0) is 31.0 Å². The number of nitrogens with one attached hydrogen (secondary N) is 2. The van der Waals surface area contributed by atoms with E-state index in [1.807, 2.05) is 18.2 Å². The van der Waals surface area contributed by atoms with E-state index in [-0.39, 0.29) is 24.9 Å². The second-order valence-corrected chi connectivity index (χ2v) is 8.48. The number of hydrogen-bond donors (Lipinski definition) is 2. The molecule has 10 nitrogen and oxygen atoms in total. The Morgan fingerprint density at radius 3 is 2.94 bits per heavy atom. The van der Waals surface area contributed by atoms with Crippen LogP contribution >= 0.6 is 0 Å². The number of amides is 2. The fourth-order valence-electron chi connectivity index (χ4n) is 4.70. The number of imidazole rings is 1. The Balaban J connectivity index is 1.27. The molecule has 2 aromatic heterocycles. The summed E-state index contributed by atoms with van der Waals surface area (Å²) in [5.74, 6) is 2.19. The van der Waals surface area contributed by atoms with E-state index < -0.39 is 0 Å². The highest BCUT2D eigenvalue weighted by atomic mass is 16.7. The predicted molar refractivity (Wildman–Crippen MR) is 112 cm³/mol. The molecule has 1 saturated carbocycles. The van der Waals surface area contributed by atoms with Crippen LogP contribution in [-0.4, -0.2) is 43.9 Å². The standard InChI is InChI=1S/C22H24N6O4/c29-22(25-14-4-2-1-3-5-14)28-10-16-15(23-11-24-16)9-17(28)21-26-20(27-32-21)13-6-7-18-19(8-13)31-12-30-18/h6-8,11,14,17H,1-5,9-10,12H2,(H,23,24)(H,25,29). The average Bonchev–Trinajstić information content (AvgIpc) is 3.58. The number of urea groups is 1. The number of carbonyl (C=O) groups is 1. The summed E-state index contributed by atoms with van der Waals surface area (Å²) < 4.78 is 16.5. The zero-order valence-electron chi connectivity index (χ0n) is 17.5. The molecule has 2 N–H and O–H groups in total. The second kappa shape index (κ2) is 7.85. The third-order valence-electron chi connectivity index (χ3n) is 6.45. The Morgan fingerprint density at radius 1 is 1.16 bits per heavy atom. The minimum absolute atomic E-state index is 0.107. The summed E-state index contributed by atoms with van der Waals surface area (Å²) in [5, 5.41) is 7.38. The molecular formula is C22H24N6O4. The van der Waals surface area contributed by atoms with Crippen molar-refractivity contribution in [2.75, 3.05) is 6.79 Å². The van der Waals surface area contributed by atoms with Gasteiger partial charge in [-0.2, -0.15) is 4.98 Å². The molecule has 3 aromatic rings. The van der Waals surface area contributed by atoms with Gasteiger partial charge in [0.15, 0.2) is 11.5 Å². The Morgan fingerprint density at radius 2 is 2.03 bits per heavy atom. The van der Waals surface area contributed by atoms with Crippen molar-refractivity contribution >= 4 is 6.03 Å². The maximum Gasteiger partial charge on any atom is 0.318 e. The van der Waals surface area contributed by atoms with E-state index in [4.69, 9.17) is 14.0 Å². The molecule has 1 unspecified atom stereocenters. The SMILES string of the molecule is O=C(NC1CCCCC1)N1Cc2[nH]cnc2CC1c1nc(-c2ccc3c(c2)OCO3)no1. The molecule has 0 radical (unpaired) electrons. The van der Waals surface area contributed by atoms with Crippen molar-refractivity contribution in [3.8, 4) is 22.9 Å². The number of ether oxygens (including phenoxy) is 2. The van der Waals surface area contributed by atoms with Gasteiger partial charge in [-0.25, -0.2) is 9.78 Å². The third-order valence-corrected chi connectivity index (χ3v) is 6.45. The molecule has 32 heavy (non-hydrogen) atoms. The topological polar surface area (TPSA) is 118 Å². The lowest BCUT2D eigenvalue weighted by atomic mass is 9.95. The largest absolute Gasteiger partial charge is 0.454 e. The average molecular weight is 436 g/mol. The van der Waals surface area contributed by atoms with Gasteiger partial charge < -0.3 is 29.2 Å². The molecule has 10 heteroatoms. The molecule has 166 valence electrons. The number of H-pyrrole nitrogens is 1. The van der Waals surface area contributed by atoms with Crippen LogP contribution in [-0.2, 0) is 13.0 Å².